The Labute approximate surface area is 94.0 Å². The normalized spacial score (nSPS) is 11.2. The van der Waals surface area contributed by atoms with Gasteiger partial charge in [-0.3, -0.25) is 0 Å². The van der Waals surface area contributed by atoms with E-state index in [9.17, 15) is 0 Å². The summed E-state index contributed by atoms with van der Waals surface area (Å²) in [6.45, 7) is 5.68. The molecule has 0 amide bonds. The van der Waals surface area contributed by atoms with Crippen LogP contribution in [0.4, 0.5) is 0 Å². The molecule has 0 aromatic heterocycles. The van der Waals surface area contributed by atoms with Gasteiger partial charge in [0.05, 0.1) is 0 Å². The smallest absolute Gasteiger partial charge is 0.0443 e. The summed E-state index contributed by atoms with van der Waals surface area (Å²) >= 11 is 0. The van der Waals surface area contributed by atoms with Crippen LogP contribution in [0.1, 0.15) is 19.3 Å². The molecule has 0 bridgehead atoms. The number of nitrogens with one attached hydrogen (secondary N) is 2. The fourth-order valence-corrected chi connectivity index (χ4v) is 1.44. The zero-order valence-electron chi connectivity index (χ0n) is 10.3. The first-order valence-corrected chi connectivity index (χ1v) is 5.96. The summed E-state index contributed by atoms with van der Waals surface area (Å²) in [5.74, 6) is 0. The Kier molecular flexibility index (Phi) is 11.8. The minimum atomic E-state index is 0.298. The van der Waals surface area contributed by atoms with Gasteiger partial charge in [-0.15, -0.1) is 0 Å². The van der Waals surface area contributed by atoms with Crippen LogP contribution >= 0.6 is 0 Å². The Balaban J connectivity index is 3.02. The summed E-state index contributed by atoms with van der Waals surface area (Å²) in [6, 6.07) is 0. The number of aliphatic hydroxyl groups excluding tert-OH is 1. The van der Waals surface area contributed by atoms with Crippen LogP contribution in [0.15, 0.2) is 0 Å². The second kappa shape index (κ2) is 11.9. The van der Waals surface area contributed by atoms with Gasteiger partial charge < -0.3 is 20.6 Å². The number of aliphatic hydroxyl groups is 1. The maximum Gasteiger partial charge on any atom is 0.0443 e. The van der Waals surface area contributed by atoms with Crippen molar-refractivity contribution in [2.24, 2.45) is 0 Å². The monoisotopic (exact) mass is 217 g/mol. The molecule has 0 saturated heterocycles. The van der Waals surface area contributed by atoms with Gasteiger partial charge in [0.15, 0.2) is 0 Å². The number of hydrogen-bond acceptors (Lipinski definition) is 4. The van der Waals surface area contributed by atoms with E-state index in [0.29, 0.717) is 6.61 Å². The van der Waals surface area contributed by atoms with E-state index in [4.69, 9.17) is 5.11 Å². The average molecular weight is 217 g/mol. The molecule has 0 aliphatic carbocycles. The van der Waals surface area contributed by atoms with Gasteiger partial charge in [-0.25, -0.2) is 0 Å². The lowest BCUT2D eigenvalue weighted by molar-refractivity contribution is 0.246. The molecule has 15 heavy (non-hydrogen) atoms. The first-order chi connectivity index (χ1) is 7.31. The van der Waals surface area contributed by atoms with Gasteiger partial charge in [0, 0.05) is 13.2 Å². The molecule has 0 aromatic rings. The van der Waals surface area contributed by atoms with Gasteiger partial charge in [0.1, 0.15) is 0 Å². The van der Waals surface area contributed by atoms with Crippen LogP contribution in [0.25, 0.3) is 0 Å². The highest BCUT2D eigenvalue weighted by molar-refractivity contribution is 4.55. The minimum Gasteiger partial charge on any atom is -0.396 e. The molecule has 0 unspecified atom stereocenters. The Bertz CT molecular complexity index is 122. The molecular formula is C11H27N3O. The first kappa shape index (κ1) is 14.8. The lowest BCUT2D eigenvalue weighted by Gasteiger charge is -2.15. The zero-order chi connectivity index (χ0) is 11.4. The number of rotatable bonds is 11. The van der Waals surface area contributed by atoms with Crippen LogP contribution in [0.3, 0.4) is 0 Å². The second-order valence-electron chi connectivity index (χ2n) is 3.94. The van der Waals surface area contributed by atoms with Crippen molar-refractivity contribution in [1.29, 1.82) is 0 Å². The van der Waals surface area contributed by atoms with Gasteiger partial charge in [0.2, 0.25) is 0 Å². The SMILES string of the molecule is CNCCCNCCCN(C)CCCO. The summed E-state index contributed by atoms with van der Waals surface area (Å²) in [6.07, 6.45) is 3.25. The van der Waals surface area contributed by atoms with Crippen molar-refractivity contribution in [3.63, 3.8) is 0 Å². The average Bonchev–Trinajstić information content (AvgIpc) is 2.25. The lowest BCUT2D eigenvalue weighted by Crippen LogP contribution is -2.26. The van der Waals surface area contributed by atoms with Gasteiger partial charge >= 0.3 is 0 Å². The van der Waals surface area contributed by atoms with E-state index < -0.39 is 0 Å². The van der Waals surface area contributed by atoms with E-state index in [2.05, 4.69) is 22.6 Å². The van der Waals surface area contributed by atoms with E-state index in [-0.39, 0.29) is 0 Å². The molecule has 0 aliphatic heterocycles. The summed E-state index contributed by atoms with van der Waals surface area (Å²) in [5.41, 5.74) is 0. The van der Waals surface area contributed by atoms with Crippen LogP contribution in [-0.4, -0.2) is 63.4 Å². The highest BCUT2D eigenvalue weighted by atomic mass is 16.3. The molecule has 0 fully saturated rings. The Morgan fingerprint density at radius 1 is 1.00 bits per heavy atom. The van der Waals surface area contributed by atoms with Gasteiger partial charge in [-0.05, 0) is 59.5 Å². The predicted octanol–water partition coefficient (Wildman–Crippen LogP) is -0.110. The van der Waals surface area contributed by atoms with Crippen LogP contribution in [0, 0.1) is 0 Å². The molecule has 4 nitrogen and oxygen atoms in total. The van der Waals surface area contributed by atoms with Crippen LogP contribution < -0.4 is 10.6 Å². The Hall–Kier alpha value is -0.160. The third-order valence-corrected chi connectivity index (χ3v) is 2.37. The number of nitrogens with zero attached hydrogens (tertiary/aromatic N) is 1. The molecule has 3 N–H and O–H groups in total. The molecule has 0 atom stereocenters. The quantitative estimate of drug-likeness (QED) is 0.423. The van der Waals surface area contributed by atoms with Gasteiger partial charge in [-0.1, -0.05) is 0 Å². The van der Waals surface area contributed by atoms with Crippen LogP contribution in [0.5, 0.6) is 0 Å². The fourth-order valence-electron chi connectivity index (χ4n) is 1.44. The highest BCUT2D eigenvalue weighted by Gasteiger charge is 1.96. The molecule has 92 valence electrons. The van der Waals surface area contributed by atoms with Gasteiger partial charge in [0.25, 0.3) is 0 Å². The molecule has 0 spiro atoms. The van der Waals surface area contributed by atoms with Crippen molar-refractivity contribution in [3.8, 4) is 0 Å². The van der Waals surface area contributed by atoms with E-state index in [1.165, 1.54) is 12.8 Å². The van der Waals surface area contributed by atoms with Crippen molar-refractivity contribution in [2.75, 3.05) is 53.4 Å². The molecule has 0 aliphatic rings. The van der Waals surface area contributed by atoms with Crippen LogP contribution in [-0.2, 0) is 0 Å². The minimum absolute atomic E-state index is 0.298. The summed E-state index contributed by atoms with van der Waals surface area (Å²) in [5, 5.41) is 15.2. The van der Waals surface area contributed by atoms with Crippen molar-refractivity contribution < 1.29 is 5.11 Å². The Morgan fingerprint density at radius 2 is 1.67 bits per heavy atom. The van der Waals surface area contributed by atoms with E-state index in [0.717, 1.165) is 39.1 Å². The molecule has 0 radical (unpaired) electrons. The van der Waals surface area contributed by atoms with E-state index >= 15 is 0 Å². The maximum atomic E-state index is 8.66. The summed E-state index contributed by atoms with van der Waals surface area (Å²) in [4.78, 5) is 2.27. The molecule has 0 aromatic carbocycles. The third-order valence-electron chi connectivity index (χ3n) is 2.37. The van der Waals surface area contributed by atoms with Crippen molar-refractivity contribution >= 4 is 0 Å². The van der Waals surface area contributed by atoms with Gasteiger partial charge in [-0.2, -0.15) is 0 Å². The van der Waals surface area contributed by atoms with Crippen molar-refractivity contribution in [3.05, 3.63) is 0 Å². The van der Waals surface area contributed by atoms with Crippen molar-refractivity contribution in [2.45, 2.75) is 19.3 Å². The highest BCUT2D eigenvalue weighted by Crippen LogP contribution is 1.89. The van der Waals surface area contributed by atoms with E-state index in [1.54, 1.807) is 0 Å². The molecule has 0 rings (SSSR count). The summed E-state index contributed by atoms with van der Waals surface area (Å²) < 4.78 is 0. The standard InChI is InChI=1S/C11H27N3O/c1-12-6-3-7-13-8-4-9-14(2)10-5-11-15/h12-13,15H,3-11H2,1-2H3. The molecular weight excluding hydrogens is 190 g/mol. The Morgan fingerprint density at radius 3 is 2.33 bits per heavy atom. The second-order valence-corrected chi connectivity index (χ2v) is 3.94. The largest absolute Gasteiger partial charge is 0.396 e. The third kappa shape index (κ3) is 11.8. The van der Waals surface area contributed by atoms with Crippen molar-refractivity contribution in [1.82, 2.24) is 15.5 Å². The zero-order valence-corrected chi connectivity index (χ0v) is 10.3. The van der Waals surface area contributed by atoms with E-state index in [1.807, 2.05) is 7.05 Å². The topological polar surface area (TPSA) is 47.5 Å². The predicted molar refractivity (Wildman–Crippen MR) is 65.2 cm³/mol. The number of hydrogen-bond donors (Lipinski definition) is 3. The molecule has 0 heterocycles. The first-order valence-electron chi connectivity index (χ1n) is 5.96. The maximum absolute atomic E-state index is 8.66. The van der Waals surface area contributed by atoms with Crippen LogP contribution in [0.2, 0.25) is 0 Å². The molecule has 0 saturated carbocycles. The summed E-state index contributed by atoms with van der Waals surface area (Å²) in [7, 11) is 4.09. The molecule has 4 heteroatoms. The fraction of sp³-hybridized carbons (Fsp3) is 1.00. The lowest BCUT2D eigenvalue weighted by atomic mass is 10.3.